The highest BCUT2D eigenvalue weighted by Crippen LogP contribution is 2.27. The summed E-state index contributed by atoms with van der Waals surface area (Å²) in [6, 6.07) is 6.94. The lowest BCUT2D eigenvalue weighted by molar-refractivity contribution is -0.144. The van der Waals surface area contributed by atoms with E-state index in [-0.39, 0.29) is 0 Å². The van der Waals surface area contributed by atoms with E-state index < -0.39 is 17.1 Å². The molecule has 0 aromatic heterocycles. The Labute approximate surface area is 118 Å². The van der Waals surface area contributed by atoms with Crippen molar-refractivity contribution in [2.75, 3.05) is 12.4 Å². The van der Waals surface area contributed by atoms with E-state index in [1.165, 1.54) is 0 Å². The Balaban J connectivity index is 2.94. The zero-order valence-electron chi connectivity index (χ0n) is 11.7. The smallest absolute Gasteiger partial charge is 0.329 e. The van der Waals surface area contributed by atoms with Crippen LogP contribution in [0.25, 0.3) is 0 Å². The molecule has 0 fully saturated rings. The fraction of sp³-hybridized carbons (Fsp3) is 0.500. The van der Waals surface area contributed by atoms with E-state index >= 15 is 0 Å². The quantitative estimate of drug-likeness (QED) is 0.841. The van der Waals surface area contributed by atoms with E-state index in [2.05, 4.69) is 5.32 Å². The number of carboxylic acid groups (broad SMARTS) is 1. The second kappa shape index (κ2) is 5.80. The molecule has 0 heterocycles. The zero-order chi connectivity index (χ0) is 14.7. The van der Waals surface area contributed by atoms with Crippen molar-refractivity contribution >= 4 is 23.3 Å². The van der Waals surface area contributed by atoms with Gasteiger partial charge in [-0.15, -0.1) is 0 Å². The first-order valence-electron chi connectivity index (χ1n) is 6.01. The molecule has 1 aromatic carbocycles. The predicted octanol–water partition coefficient (Wildman–Crippen LogP) is 3.41. The van der Waals surface area contributed by atoms with Gasteiger partial charge in [0.25, 0.3) is 0 Å². The Morgan fingerprint density at radius 2 is 1.84 bits per heavy atom. The number of halogens is 1. The minimum Gasteiger partial charge on any atom is -0.480 e. The van der Waals surface area contributed by atoms with E-state index in [0.29, 0.717) is 17.1 Å². The lowest BCUT2D eigenvalue weighted by Gasteiger charge is -2.35. The molecular formula is C14H20ClNO3. The van der Waals surface area contributed by atoms with E-state index in [9.17, 15) is 9.90 Å². The summed E-state index contributed by atoms with van der Waals surface area (Å²) in [6.45, 7) is 5.36. The third-order valence-electron chi connectivity index (χ3n) is 3.07. The molecule has 4 nitrogen and oxygen atoms in total. The van der Waals surface area contributed by atoms with E-state index in [1.807, 2.05) is 13.8 Å². The number of carbonyl (C=O) groups is 1. The summed E-state index contributed by atoms with van der Waals surface area (Å²) in [7, 11) is 1.57. The van der Waals surface area contributed by atoms with Crippen LogP contribution >= 0.6 is 11.6 Å². The lowest BCUT2D eigenvalue weighted by Crippen LogP contribution is -2.49. The van der Waals surface area contributed by atoms with Crippen LogP contribution < -0.4 is 5.32 Å². The van der Waals surface area contributed by atoms with Crippen molar-refractivity contribution in [2.24, 2.45) is 0 Å². The predicted molar refractivity (Wildman–Crippen MR) is 76.8 cm³/mol. The molecule has 0 radical (unpaired) electrons. The molecule has 0 saturated heterocycles. The Bertz CT molecular complexity index is 445. The zero-order valence-corrected chi connectivity index (χ0v) is 12.4. The van der Waals surface area contributed by atoms with Crippen LogP contribution in [0.1, 0.15) is 27.2 Å². The standard InChI is InChI=1S/C14H20ClNO3/c1-13(2,19-4)9-14(3,12(17)18)16-11-7-5-10(15)6-8-11/h5-8,16H,9H2,1-4H3,(H,17,18). The van der Waals surface area contributed by atoms with E-state index in [4.69, 9.17) is 16.3 Å². The lowest BCUT2D eigenvalue weighted by atomic mass is 9.87. The van der Waals surface area contributed by atoms with Crippen molar-refractivity contribution in [1.82, 2.24) is 0 Å². The molecule has 1 aromatic rings. The topological polar surface area (TPSA) is 58.6 Å². The number of carboxylic acids is 1. The molecule has 2 N–H and O–H groups in total. The number of aliphatic carboxylic acids is 1. The van der Waals surface area contributed by atoms with Gasteiger partial charge in [-0.2, -0.15) is 0 Å². The van der Waals surface area contributed by atoms with E-state index in [0.717, 1.165) is 0 Å². The highest BCUT2D eigenvalue weighted by atomic mass is 35.5. The van der Waals surface area contributed by atoms with Crippen LogP contribution in [0.15, 0.2) is 24.3 Å². The van der Waals surface area contributed by atoms with Crippen molar-refractivity contribution in [1.29, 1.82) is 0 Å². The fourth-order valence-electron chi connectivity index (χ4n) is 1.95. The highest BCUT2D eigenvalue weighted by Gasteiger charge is 2.39. The average Bonchev–Trinajstić information content (AvgIpc) is 2.31. The van der Waals surface area contributed by atoms with Crippen LogP contribution in [0.2, 0.25) is 5.02 Å². The Hall–Kier alpha value is -1.26. The number of hydrogen-bond acceptors (Lipinski definition) is 3. The number of nitrogens with one attached hydrogen (secondary N) is 1. The summed E-state index contributed by atoms with van der Waals surface area (Å²) in [6.07, 6.45) is 0.328. The molecule has 1 unspecified atom stereocenters. The first kappa shape index (κ1) is 15.8. The van der Waals surface area contributed by atoms with Crippen LogP contribution in [0, 0.1) is 0 Å². The molecule has 0 bridgehead atoms. The number of anilines is 1. The maximum Gasteiger partial charge on any atom is 0.329 e. The van der Waals surface area contributed by atoms with Crippen LogP contribution in [0.5, 0.6) is 0 Å². The van der Waals surface area contributed by atoms with Gasteiger partial charge in [0, 0.05) is 24.2 Å². The average molecular weight is 286 g/mol. The number of rotatable bonds is 6. The molecule has 106 valence electrons. The molecule has 5 heteroatoms. The third kappa shape index (κ3) is 4.40. The van der Waals surface area contributed by atoms with Crippen LogP contribution in [-0.4, -0.2) is 29.3 Å². The number of hydrogen-bond donors (Lipinski definition) is 2. The number of ether oxygens (including phenoxy) is 1. The summed E-state index contributed by atoms with van der Waals surface area (Å²) in [5, 5.41) is 13.1. The molecule has 0 spiro atoms. The molecule has 0 saturated carbocycles. The molecule has 0 aliphatic heterocycles. The molecule has 0 amide bonds. The molecule has 1 rings (SSSR count). The Morgan fingerprint density at radius 1 is 1.32 bits per heavy atom. The van der Waals surface area contributed by atoms with Crippen molar-refractivity contribution in [2.45, 2.75) is 38.3 Å². The maximum atomic E-state index is 11.5. The summed E-state index contributed by atoms with van der Waals surface area (Å²) in [5.74, 6) is -0.924. The molecule has 19 heavy (non-hydrogen) atoms. The molecule has 0 aliphatic rings. The van der Waals surface area contributed by atoms with Crippen molar-refractivity contribution in [3.05, 3.63) is 29.3 Å². The van der Waals surface area contributed by atoms with E-state index in [1.54, 1.807) is 38.3 Å². The van der Waals surface area contributed by atoms with Gasteiger partial charge in [0.15, 0.2) is 0 Å². The first-order valence-corrected chi connectivity index (χ1v) is 6.39. The minimum absolute atomic E-state index is 0.328. The van der Waals surface area contributed by atoms with Crippen molar-refractivity contribution < 1.29 is 14.6 Å². The van der Waals surface area contributed by atoms with Gasteiger partial charge in [0.2, 0.25) is 0 Å². The normalized spacial score (nSPS) is 14.8. The van der Waals surface area contributed by atoms with Gasteiger partial charge in [-0.05, 0) is 45.0 Å². The SMILES string of the molecule is COC(C)(C)CC(C)(Nc1ccc(Cl)cc1)C(=O)O. The summed E-state index contributed by atoms with van der Waals surface area (Å²) < 4.78 is 5.32. The van der Waals surface area contributed by atoms with Crippen molar-refractivity contribution in [3.63, 3.8) is 0 Å². The van der Waals surface area contributed by atoms with Gasteiger partial charge < -0.3 is 15.2 Å². The summed E-state index contributed by atoms with van der Waals surface area (Å²) in [4.78, 5) is 11.5. The van der Waals surface area contributed by atoms with Crippen LogP contribution in [0.4, 0.5) is 5.69 Å². The first-order chi connectivity index (χ1) is 8.68. The van der Waals surface area contributed by atoms with Crippen molar-refractivity contribution in [3.8, 4) is 0 Å². The van der Waals surface area contributed by atoms with Gasteiger partial charge in [0.05, 0.1) is 5.60 Å². The third-order valence-corrected chi connectivity index (χ3v) is 3.32. The van der Waals surface area contributed by atoms with Gasteiger partial charge in [-0.1, -0.05) is 11.6 Å². The summed E-state index contributed by atoms with van der Waals surface area (Å²) in [5.41, 5.74) is -0.943. The Morgan fingerprint density at radius 3 is 2.26 bits per heavy atom. The van der Waals surface area contributed by atoms with Crippen LogP contribution in [0.3, 0.4) is 0 Å². The second-order valence-electron chi connectivity index (χ2n) is 5.41. The largest absolute Gasteiger partial charge is 0.480 e. The van der Waals surface area contributed by atoms with Gasteiger partial charge in [-0.3, -0.25) is 0 Å². The maximum absolute atomic E-state index is 11.5. The summed E-state index contributed by atoms with van der Waals surface area (Å²) >= 11 is 5.81. The number of benzene rings is 1. The van der Waals surface area contributed by atoms with Gasteiger partial charge in [0.1, 0.15) is 5.54 Å². The molecule has 1 atom stereocenters. The van der Waals surface area contributed by atoms with Crippen LogP contribution in [-0.2, 0) is 9.53 Å². The number of methoxy groups -OCH3 is 1. The minimum atomic E-state index is -1.12. The monoisotopic (exact) mass is 285 g/mol. The van der Waals surface area contributed by atoms with Gasteiger partial charge >= 0.3 is 5.97 Å². The second-order valence-corrected chi connectivity index (χ2v) is 5.85. The highest BCUT2D eigenvalue weighted by molar-refractivity contribution is 6.30. The Kier molecular flexibility index (Phi) is 4.82. The molecular weight excluding hydrogens is 266 g/mol. The fourth-order valence-corrected chi connectivity index (χ4v) is 2.07. The molecule has 0 aliphatic carbocycles. The van der Waals surface area contributed by atoms with Gasteiger partial charge in [-0.25, -0.2) is 4.79 Å².